The Morgan fingerprint density at radius 3 is 2.38 bits per heavy atom. The Hall–Kier alpha value is -1.43. The zero-order valence-corrected chi connectivity index (χ0v) is 17.4. The van der Waals surface area contributed by atoms with Gasteiger partial charge in [-0.2, -0.15) is 0 Å². The van der Waals surface area contributed by atoms with Crippen LogP contribution >= 0.6 is 15.9 Å². The summed E-state index contributed by atoms with van der Waals surface area (Å²) >= 11 is 3.31. The van der Waals surface area contributed by atoms with Crippen molar-refractivity contribution in [1.82, 2.24) is 0 Å². The minimum atomic E-state index is -3.42. The summed E-state index contributed by atoms with van der Waals surface area (Å²) in [5.41, 5.74) is 2.21. The molecule has 0 heterocycles. The van der Waals surface area contributed by atoms with E-state index < -0.39 is 9.84 Å². The van der Waals surface area contributed by atoms with E-state index in [2.05, 4.69) is 15.9 Å². The van der Waals surface area contributed by atoms with Crippen LogP contribution in [0.1, 0.15) is 30.4 Å². The van der Waals surface area contributed by atoms with E-state index in [1.165, 1.54) is 0 Å². The molecule has 0 atom stereocenters. The van der Waals surface area contributed by atoms with Crippen molar-refractivity contribution < 1.29 is 13.2 Å². The molecule has 2 aromatic carbocycles. The predicted molar refractivity (Wildman–Crippen MR) is 110 cm³/mol. The maximum atomic E-state index is 12.7. The molecule has 0 fully saturated rings. The number of halogens is 1. The zero-order valence-electron chi connectivity index (χ0n) is 15.0. The Morgan fingerprint density at radius 1 is 1.04 bits per heavy atom. The second-order valence-corrected chi connectivity index (χ2v) is 8.72. The molecule has 0 aromatic heterocycles. The van der Waals surface area contributed by atoms with E-state index in [4.69, 9.17) is 4.74 Å². The first-order chi connectivity index (χ1) is 12.5. The molecule has 0 spiro atoms. The van der Waals surface area contributed by atoms with Gasteiger partial charge in [-0.3, -0.25) is 0 Å². The summed E-state index contributed by atoms with van der Waals surface area (Å²) in [6, 6.07) is 17.0. The number of rotatable bonds is 10. The molecule has 0 aliphatic rings. The average molecular weight is 437 g/mol. The van der Waals surface area contributed by atoms with Crippen LogP contribution in [0.3, 0.4) is 0 Å². The van der Waals surface area contributed by atoms with Crippen molar-refractivity contribution in [3.05, 3.63) is 76.7 Å². The number of ether oxygens (including phenoxy) is 1. The summed E-state index contributed by atoms with van der Waals surface area (Å²) in [5, 5.41) is 0.327. The first-order valence-corrected chi connectivity index (χ1v) is 11.3. The summed E-state index contributed by atoms with van der Waals surface area (Å²) < 4.78 is 31.0. The van der Waals surface area contributed by atoms with Gasteiger partial charge in [0.25, 0.3) is 0 Å². The Kier molecular flexibility index (Phi) is 8.55. The van der Waals surface area contributed by atoms with E-state index in [0.717, 1.165) is 30.4 Å². The molecule has 140 valence electrons. The molecule has 0 unspecified atom stereocenters. The molecular formula is C21H25BrO3S. The largest absolute Gasteiger partial charge is 0.377 e. The number of hydrogen-bond donors (Lipinski definition) is 0. The van der Waals surface area contributed by atoms with Crippen LogP contribution in [0.2, 0.25) is 0 Å². The smallest absolute Gasteiger partial charge is 0.203 e. The lowest BCUT2D eigenvalue weighted by Crippen LogP contribution is -2.06. The number of hydrogen-bond acceptors (Lipinski definition) is 3. The van der Waals surface area contributed by atoms with Crippen LogP contribution in [0.25, 0.3) is 0 Å². The van der Waals surface area contributed by atoms with Crippen molar-refractivity contribution in [2.45, 2.75) is 37.7 Å². The quantitative estimate of drug-likeness (QED) is 0.368. The number of allylic oxidation sites excluding steroid dienone is 2. The highest BCUT2D eigenvalue weighted by Crippen LogP contribution is 2.22. The molecule has 0 N–H and O–H groups in total. The van der Waals surface area contributed by atoms with Gasteiger partial charge < -0.3 is 4.74 Å². The van der Waals surface area contributed by atoms with Crippen LogP contribution in [-0.2, 0) is 21.2 Å². The van der Waals surface area contributed by atoms with Crippen LogP contribution in [-0.4, -0.2) is 20.4 Å². The summed E-state index contributed by atoms with van der Waals surface area (Å²) in [6.45, 7) is 3.24. The Bertz CT molecular complexity index is 797. The lowest BCUT2D eigenvalue weighted by Gasteiger charge is -2.08. The monoisotopic (exact) mass is 436 g/mol. The SMILES string of the molecule is Cc1ccc(S(=O)(=O)/C(=C/CCCCOCc2ccccc2)CBr)cc1. The summed E-state index contributed by atoms with van der Waals surface area (Å²) in [7, 11) is -3.42. The van der Waals surface area contributed by atoms with Gasteiger partial charge in [0, 0.05) is 11.9 Å². The molecule has 0 saturated carbocycles. The topological polar surface area (TPSA) is 43.4 Å². The van der Waals surface area contributed by atoms with E-state index in [0.29, 0.717) is 28.3 Å². The Balaban J connectivity index is 1.79. The van der Waals surface area contributed by atoms with Gasteiger partial charge in [-0.15, -0.1) is 0 Å². The maximum absolute atomic E-state index is 12.7. The van der Waals surface area contributed by atoms with Crippen molar-refractivity contribution in [3.8, 4) is 0 Å². The molecule has 2 rings (SSSR count). The maximum Gasteiger partial charge on any atom is 0.203 e. The fourth-order valence-corrected chi connectivity index (χ4v) is 4.89. The van der Waals surface area contributed by atoms with E-state index in [1.807, 2.05) is 55.5 Å². The fraction of sp³-hybridized carbons (Fsp3) is 0.333. The molecule has 3 nitrogen and oxygen atoms in total. The van der Waals surface area contributed by atoms with Crippen LogP contribution in [0.15, 0.2) is 70.5 Å². The third-order valence-electron chi connectivity index (χ3n) is 4.03. The van der Waals surface area contributed by atoms with Gasteiger partial charge in [-0.05, 0) is 43.9 Å². The predicted octanol–water partition coefficient (Wildman–Crippen LogP) is 5.43. The van der Waals surface area contributed by atoms with Gasteiger partial charge in [-0.25, -0.2) is 8.42 Å². The van der Waals surface area contributed by atoms with Gasteiger partial charge in [0.1, 0.15) is 0 Å². The van der Waals surface area contributed by atoms with Gasteiger partial charge >= 0.3 is 0 Å². The molecule has 5 heteroatoms. The molecular weight excluding hydrogens is 412 g/mol. The van der Waals surface area contributed by atoms with Crippen molar-refractivity contribution in [2.75, 3.05) is 11.9 Å². The molecule has 0 amide bonds. The van der Waals surface area contributed by atoms with E-state index in [1.54, 1.807) is 12.1 Å². The highest BCUT2D eigenvalue weighted by molar-refractivity contribution is 9.09. The second-order valence-electron chi connectivity index (χ2n) is 6.15. The van der Waals surface area contributed by atoms with Gasteiger partial charge in [0.15, 0.2) is 0 Å². The molecule has 2 aromatic rings. The molecule has 0 aliphatic carbocycles. The first kappa shape index (κ1) is 20.9. The highest BCUT2D eigenvalue weighted by Gasteiger charge is 2.19. The number of alkyl halides is 1. The van der Waals surface area contributed by atoms with Crippen LogP contribution in [0.4, 0.5) is 0 Å². The van der Waals surface area contributed by atoms with E-state index in [-0.39, 0.29) is 0 Å². The zero-order chi connectivity index (χ0) is 18.8. The summed E-state index contributed by atoms with van der Waals surface area (Å²) in [4.78, 5) is 0.770. The normalized spacial score (nSPS) is 12.3. The summed E-state index contributed by atoms with van der Waals surface area (Å²) in [6.07, 6.45) is 4.35. The number of aryl methyl sites for hydroxylation is 1. The van der Waals surface area contributed by atoms with Crippen molar-refractivity contribution in [3.63, 3.8) is 0 Å². The lowest BCUT2D eigenvalue weighted by molar-refractivity contribution is 0.117. The Morgan fingerprint density at radius 2 is 1.73 bits per heavy atom. The van der Waals surface area contributed by atoms with Gasteiger partial charge in [-0.1, -0.05) is 70.0 Å². The highest BCUT2D eigenvalue weighted by atomic mass is 79.9. The summed E-state index contributed by atoms with van der Waals surface area (Å²) in [5.74, 6) is 0. The van der Waals surface area contributed by atoms with Crippen LogP contribution < -0.4 is 0 Å². The number of sulfone groups is 1. The standard InChI is InChI=1S/C21H25BrO3S/c1-18-11-13-20(14-12-18)26(23,24)21(16-22)10-6-3-7-15-25-17-19-8-4-2-5-9-19/h2,4-5,8-14H,3,6-7,15-17H2,1H3/b21-10+. The number of unbranched alkanes of at least 4 members (excludes halogenated alkanes) is 2. The van der Waals surface area contributed by atoms with Crippen LogP contribution in [0.5, 0.6) is 0 Å². The minimum absolute atomic E-state index is 0.327. The molecule has 26 heavy (non-hydrogen) atoms. The molecule has 0 bridgehead atoms. The third kappa shape index (κ3) is 6.38. The van der Waals surface area contributed by atoms with Crippen molar-refractivity contribution >= 4 is 25.8 Å². The van der Waals surface area contributed by atoms with Crippen molar-refractivity contribution in [1.29, 1.82) is 0 Å². The Labute approximate surface area is 165 Å². The average Bonchev–Trinajstić information content (AvgIpc) is 2.65. The van der Waals surface area contributed by atoms with Crippen molar-refractivity contribution in [2.24, 2.45) is 0 Å². The fourth-order valence-electron chi connectivity index (χ4n) is 2.48. The molecule has 0 aliphatic heterocycles. The molecule has 0 radical (unpaired) electrons. The van der Waals surface area contributed by atoms with E-state index in [9.17, 15) is 8.42 Å². The number of benzene rings is 2. The minimum Gasteiger partial charge on any atom is -0.377 e. The first-order valence-electron chi connectivity index (χ1n) is 8.72. The van der Waals surface area contributed by atoms with Gasteiger partial charge in [0.2, 0.25) is 9.84 Å². The van der Waals surface area contributed by atoms with Gasteiger partial charge in [0.05, 0.1) is 16.4 Å². The molecule has 0 saturated heterocycles. The lowest BCUT2D eigenvalue weighted by atomic mass is 10.2. The van der Waals surface area contributed by atoms with E-state index >= 15 is 0 Å². The third-order valence-corrected chi connectivity index (χ3v) is 6.90. The second kappa shape index (κ2) is 10.7. The van der Waals surface area contributed by atoms with Crippen LogP contribution in [0, 0.1) is 6.92 Å².